The first-order valence-electron chi connectivity index (χ1n) is 8.40. The van der Waals surface area contributed by atoms with Gasteiger partial charge >= 0.3 is 0 Å². The molecule has 5 heteroatoms. The Morgan fingerprint density at radius 3 is 2.96 bits per heavy atom. The summed E-state index contributed by atoms with van der Waals surface area (Å²) in [5, 5.41) is 4.13. The normalized spacial score (nSPS) is 21.4. The molecule has 1 aromatic heterocycles. The molecule has 2 heterocycles. The zero-order chi connectivity index (χ0) is 15.8. The van der Waals surface area contributed by atoms with Gasteiger partial charge < -0.3 is 9.42 Å². The van der Waals surface area contributed by atoms with Gasteiger partial charge in [-0.25, -0.2) is 0 Å². The van der Waals surface area contributed by atoms with E-state index in [1.807, 2.05) is 30.0 Å². The molecule has 0 bridgehead atoms. The first kappa shape index (κ1) is 14.4. The monoisotopic (exact) mass is 311 g/mol. The fraction of sp³-hybridized carbons (Fsp3) is 0.500. The largest absolute Gasteiger partial charge is 0.342 e. The van der Waals surface area contributed by atoms with E-state index in [-0.39, 0.29) is 11.8 Å². The number of rotatable bonds is 3. The standard InChI is InChI=1S/C18H21N3O2/c1-12-4-2-5-14(10-12)16-19-17(23-20-16)15-6-3-9-21(11-15)18(22)13-7-8-13/h2,4-5,10,13,15H,3,6-9,11H2,1H3. The maximum Gasteiger partial charge on any atom is 0.231 e. The van der Waals surface area contributed by atoms with E-state index in [1.54, 1.807) is 0 Å². The zero-order valence-electron chi connectivity index (χ0n) is 13.4. The third kappa shape index (κ3) is 3.00. The van der Waals surface area contributed by atoms with Gasteiger partial charge in [-0.05, 0) is 38.7 Å². The summed E-state index contributed by atoms with van der Waals surface area (Å²) >= 11 is 0. The molecule has 0 spiro atoms. The molecule has 1 aliphatic carbocycles. The predicted octanol–water partition coefficient (Wildman–Crippen LogP) is 3.16. The number of likely N-dealkylation sites (tertiary alicyclic amines) is 1. The number of aryl methyl sites for hydroxylation is 1. The Kier molecular flexibility index (Phi) is 3.63. The summed E-state index contributed by atoms with van der Waals surface area (Å²) < 4.78 is 5.50. The molecule has 1 saturated carbocycles. The topological polar surface area (TPSA) is 59.2 Å². The highest BCUT2D eigenvalue weighted by Gasteiger charge is 2.36. The maximum atomic E-state index is 12.3. The lowest BCUT2D eigenvalue weighted by atomic mass is 9.97. The molecule has 1 aliphatic heterocycles. The third-order valence-corrected chi connectivity index (χ3v) is 4.73. The minimum absolute atomic E-state index is 0.164. The van der Waals surface area contributed by atoms with E-state index < -0.39 is 0 Å². The van der Waals surface area contributed by atoms with Crippen LogP contribution < -0.4 is 0 Å². The van der Waals surface area contributed by atoms with Gasteiger partial charge in [-0.1, -0.05) is 28.9 Å². The van der Waals surface area contributed by atoms with Crippen molar-refractivity contribution in [2.45, 2.75) is 38.5 Å². The molecule has 2 aliphatic rings. The van der Waals surface area contributed by atoms with Crippen molar-refractivity contribution in [3.63, 3.8) is 0 Å². The number of aromatic nitrogens is 2. The summed E-state index contributed by atoms with van der Waals surface area (Å²) in [6, 6.07) is 8.09. The Labute approximate surface area is 135 Å². The number of benzene rings is 1. The van der Waals surface area contributed by atoms with Crippen molar-refractivity contribution < 1.29 is 9.32 Å². The van der Waals surface area contributed by atoms with Gasteiger partial charge in [0, 0.05) is 24.6 Å². The van der Waals surface area contributed by atoms with Crippen LogP contribution in [0.2, 0.25) is 0 Å². The van der Waals surface area contributed by atoms with E-state index in [1.165, 1.54) is 5.56 Å². The van der Waals surface area contributed by atoms with Gasteiger partial charge in [0.05, 0.1) is 5.92 Å². The van der Waals surface area contributed by atoms with Gasteiger partial charge in [-0.2, -0.15) is 4.98 Å². The Bertz CT molecular complexity index is 721. The molecule has 1 saturated heterocycles. The molecule has 1 unspecified atom stereocenters. The number of nitrogens with zero attached hydrogens (tertiary/aromatic N) is 3. The molecule has 1 aromatic carbocycles. The van der Waals surface area contributed by atoms with Crippen LogP contribution in [-0.2, 0) is 4.79 Å². The van der Waals surface area contributed by atoms with Crippen LogP contribution in [0.15, 0.2) is 28.8 Å². The average Bonchev–Trinajstić information content (AvgIpc) is 3.31. The van der Waals surface area contributed by atoms with E-state index in [4.69, 9.17) is 4.52 Å². The molecule has 23 heavy (non-hydrogen) atoms. The minimum Gasteiger partial charge on any atom is -0.342 e. The first-order chi connectivity index (χ1) is 11.2. The summed E-state index contributed by atoms with van der Waals surface area (Å²) in [6.45, 7) is 3.63. The lowest BCUT2D eigenvalue weighted by Gasteiger charge is -2.31. The van der Waals surface area contributed by atoms with Crippen LogP contribution in [0.5, 0.6) is 0 Å². The van der Waals surface area contributed by atoms with Crippen molar-refractivity contribution in [2.24, 2.45) is 5.92 Å². The van der Waals surface area contributed by atoms with Crippen molar-refractivity contribution in [1.29, 1.82) is 0 Å². The van der Waals surface area contributed by atoms with Gasteiger partial charge in [0.25, 0.3) is 0 Å². The first-order valence-corrected chi connectivity index (χ1v) is 8.40. The van der Waals surface area contributed by atoms with Crippen molar-refractivity contribution in [3.8, 4) is 11.4 Å². The highest BCUT2D eigenvalue weighted by Crippen LogP contribution is 2.34. The van der Waals surface area contributed by atoms with Crippen LogP contribution in [0.4, 0.5) is 0 Å². The molecule has 1 atom stereocenters. The molecule has 0 radical (unpaired) electrons. The molecular formula is C18H21N3O2. The van der Waals surface area contributed by atoms with Crippen molar-refractivity contribution in [1.82, 2.24) is 15.0 Å². The molecule has 5 nitrogen and oxygen atoms in total. The number of hydrogen-bond donors (Lipinski definition) is 0. The van der Waals surface area contributed by atoms with Crippen LogP contribution in [0.3, 0.4) is 0 Å². The van der Waals surface area contributed by atoms with Crippen molar-refractivity contribution >= 4 is 5.91 Å². The average molecular weight is 311 g/mol. The molecular weight excluding hydrogens is 290 g/mol. The number of carbonyl (C=O) groups excluding carboxylic acids is 1. The van der Waals surface area contributed by atoms with Crippen molar-refractivity contribution in [3.05, 3.63) is 35.7 Å². The lowest BCUT2D eigenvalue weighted by molar-refractivity contribution is -0.133. The van der Waals surface area contributed by atoms with Gasteiger partial charge in [0.1, 0.15) is 0 Å². The molecule has 1 amide bonds. The van der Waals surface area contributed by atoms with E-state index in [2.05, 4.69) is 16.2 Å². The summed E-state index contributed by atoms with van der Waals surface area (Å²) in [5.41, 5.74) is 2.15. The molecule has 120 valence electrons. The van der Waals surface area contributed by atoms with E-state index >= 15 is 0 Å². The van der Waals surface area contributed by atoms with E-state index in [0.29, 0.717) is 24.2 Å². The second kappa shape index (κ2) is 5.80. The molecule has 2 fully saturated rings. The third-order valence-electron chi connectivity index (χ3n) is 4.73. The van der Waals surface area contributed by atoms with Gasteiger partial charge in [-0.3, -0.25) is 4.79 Å². The Hall–Kier alpha value is -2.17. The molecule has 2 aromatic rings. The fourth-order valence-electron chi connectivity index (χ4n) is 3.27. The summed E-state index contributed by atoms with van der Waals surface area (Å²) in [4.78, 5) is 18.8. The second-order valence-corrected chi connectivity index (χ2v) is 6.72. The van der Waals surface area contributed by atoms with Crippen LogP contribution in [0.25, 0.3) is 11.4 Å². The summed E-state index contributed by atoms with van der Waals surface area (Å²) in [6.07, 6.45) is 4.12. The highest BCUT2D eigenvalue weighted by molar-refractivity contribution is 5.81. The van der Waals surface area contributed by atoms with Crippen LogP contribution in [0, 0.1) is 12.8 Å². The fourth-order valence-corrected chi connectivity index (χ4v) is 3.27. The lowest BCUT2D eigenvalue weighted by Crippen LogP contribution is -2.40. The van der Waals surface area contributed by atoms with Gasteiger partial charge in [0.15, 0.2) is 0 Å². The van der Waals surface area contributed by atoms with E-state index in [9.17, 15) is 4.79 Å². The molecule has 4 rings (SSSR count). The Morgan fingerprint density at radius 1 is 1.30 bits per heavy atom. The number of amides is 1. The maximum absolute atomic E-state index is 12.3. The van der Waals surface area contributed by atoms with E-state index in [0.717, 1.165) is 37.8 Å². The highest BCUT2D eigenvalue weighted by atomic mass is 16.5. The van der Waals surface area contributed by atoms with Crippen LogP contribution in [-0.4, -0.2) is 34.0 Å². The Balaban J connectivity index is 1.50. The van der Waals surface area contributed by atoms with Gasteiger partial charge in [-0.15, -0.1) is 0 Å². The Morgan fingerprint density at radius 2 is 2.17 bits per heavy atom. The van der Waals surface area contributed by atoms with Gasteiger partial charge in [0.2, 0.25) is 17.6 Å². The van der Waals surface area contributed by atoms with Crippen molar-refractivity contribution in [2.75, 3.05) is 13.1 Å². The minimum atomic E-state index is 0.164. The second-order valence-electron chi connectivity index (χ2n) is 6.72. The number of hydrogen-bond acceptors (Lipinski definition) is 4. The number of piperidine rings is 1. The predicted molar refractivity (Wildman–Crippen MR) is 85.8 cm³/mol. The van der Waals surface area contributed by atoms with Crippen LogP contribution in [0.1, 0.15) is 43.1 Å². The summed E-state index contributed by atoms with van der Waals surface area (Å²) in [5.74, 6) is 2.05. The SMILES string of the molecule is Cc1cccc(-c2noc(C3CCCN(C(=O)C4CC4)C3)n2)c1. The molecule has 0 N–H and O–H groups in total. The number of carbonyl (C=O) groups is 1. The van der Waals surface area contributed by atoms with Crippen LogP contribution >= 0.6 is 0 Å². The smallest absolute Gasteiger partial charge is 0.231 e. The quantitative estimate of drug-likeness (QED) is 0.873. The summed E-state index contributed by atoms with van der Waals surface area (Å²) in [7, 11) is 0. The zero-order valence-corrected chi connectivity index (χ0v) is 13.4.